The Balaban J connectivity index is 2.13. The fourth-order valence-corrected chi connectivity index (χ4v) is 8.23. The van der Waals surface area contributed by atoms with Gasteiger partial charge in [0.05, 0.1) is 57.3 Å². The van der Waals surface area contributed by atoms with Crippen molar-refractivity contribution in [2.75, 3.05) is 97.9 Å². The Kier molecular flexibility index (Phi) is 37.4. The van der Waals surface area contributed by atoms with E-state index in [1.165, 1.54) is 11.8 Å². The number of aliphatic imine (C=N–C) groups is 1. The number of rotatable bonds is 46. The van der Waals surface area contributed by atoms with Gasteiger partial charge in [0.15, 0.2) is 0 Å². The summed E-state index contributed by atoms with van der Waals surface area (Å²) in [7, 11) is -6.66. The number of ether oxygens (including phenoxy) is 4. The van der Waals surface area contributed by atoms with Gasteiger partial charge in [0.25, 0.3) is 0 Å². The van der Waals surface area contributed by atoms with Crippen LogP contribution >= 0.6 is 28.3 Å². The Hall–Kier alpha value is -4.38. The van der Waals surface area contributed by atoms with Gasteiger partial charge in [-0.05, 0) is 53.3 Å². The summed E-state index contributed by atoms with van der Waals surface area (Å²) in [6, 6.07) is -0.989. The van der Waals surface area contributed by atoms with E-state index < -0.39 is 75.6 Å². The average Bonchev–Trinajstić information content (AvgIpc) is 3.60. The minimum absolute atomic E-state index is 0.0192. The molecule has 73 heavy (non-hydrogen) atoms. The zero-order valence-corrected chi connectivity index (χ0v) is 44.0. The lowest BCUT2D eigenvalue weighted by atomic mass is 10.1. The molecule has 12 N–H and O–H groups in total. The Morgan fingerprint density at radius 3 is 1.70 bits per heavy atom. The number of thioether (sulfide) groups is 1. The van der Waals surface area contributed by atoms with Crippen LogP contribution in [0, 0.1) is 0 Å². The number of hydrogen-bond acceptors (Lipinski definition) is 19. The van der Waals surface area contributed by atoms with Crippen LogP contribution in [0.5, 0.6) is 0 Å². The molecule has 3 unspecified atom stereocenters. The second kappa shape index (κ2) is 40.9. The Morgan fingerprint density at radius 2 is 1.19 bits per heavy atom. The quantitative estimate of drug-likeness (QED) is 0.00852. The molecule has 1 aliphatic rings. The van der Waals surface area contributed by atoms with Crippen molar-refractivity contribution in [3.05, 3.63) is 0 Å². The third-order valence-corrected chi connectivity index (χ3v) is 12.1. The van der Waals surface area contributed by atoms with E-state index in [9.17, 15) is 52.6 Å². The lowest BCUT2D eigenvalue weighted by Crippen LogP contribution is -2.44. The van der Waals surface area contributed by atoms with Crippen molar-refractivity contribution in [3.8, 4) is 0 Å². The predicted molar refractivity (Wildman–Crippen MR) is 263 cm³/mol. The topological polar surface area (TPSA) is 415 Å². The van der Waals surface area contributed by atoms with Crippen molar-refractivity contribution in [1.29, 1.82) is 0 Å². The number of amides is 8. The minimum atomic E-state index is -3.33. The fourth-order valence-electron chi connectivity index (χ4n) is 6.30. The van der Waals surface area contributed by atoms with Gasteiger partial charge in [0, 0.05) is 106 Å². The normalized spacial score (nSPS) is 15.3. The minimum Gasteiger partial charge on any atom is -0.387 e. The maximum atomic E-state index is 12.9. The van der Waals surface area contributed by atoms with Gasteiger partial charge in [-0.3, -0.25) is 48.2 Å². The number of nitrogens with one attached hydrogen (secondary N) is 5. The number of unbranched alkanes of at least 4 members (excludes halogenated alkanes) is 1. The first-order valence-electron chi connectivity index (χ1n) is 24.0. The third kappa shape index (κ3) is 35.5. The van der Waals surface area contributed by atoms with Crippen LogP contribution in [-0.2, 0) is 75.5 Å². The maximum Gasteiger partial charge on any atom is 0.700 e. The highest BCUT2D eigenvalue weighted by Crippen LogP contribution is 2.35. The predicted octanol–water partition coefficient (Wildman–Crippen LogP) is -1.22. The number of primary amides is 1. The van der Waals surface area contributed by atoms with Gasteiger partial charge in [-0.15, -0.1) is 21.5 Å². The molecule has 0 radical (unpaired) electrons. The molecule has 0 spiro atoms. The lowest BCUT2D eigenvalue weighted by Gasteiger charge is -2.16. The van der Waals surface area contributed by atoms with Gasteiger partial charge in [-0.25, -0.2) is 0 Å². The van der Waals surface area contributed by atoms with E-state index >= 15 is 0 Å². The number of aliphatic hydroxyl groups is 1. The molecule has 1 rings (SSSR count). The van der Waals surface area contributed by atoms with Crippen molar-refractivity contribution in [2.24, 2.45) is 16.5 Å². The Bertz CT molecular complexity index is 1770. The lowest BCUT2D eigenvalue weighted by molar-refractivity contribution is -0.277. The summed E-state index contributed by atoms with van der Waals surface area (Å²) in [5.41, 5.74) is 11.4. The highest BCUT2D eigenvalue weighted by atomic mass is 32.2. The van der Waals surface area contributed by atoms with E-state index in [0.717, 1.165) is 11.3 Å². The monoisotopic (exact) mass is 1100 g/mol. The summed E-state index contributed by atoms with van der Waals surface area (Å²) in [6.45, 7) is 5.90. The first-order valence-corrected chi connectivity index (χ1v) is 27.3. The summed E-state index contributed by atoms with van der Waals surface area (Å²) < 4.78 is 51.8. The number of nitrogens with two attached hydrogens (primary N) is 2. The molecule has 0 aromatic rings. The van der Waals surface area contributed by atoms with Gasteiger partial charge in [0.2, 0.25) is 47.3 Å². The number of carbonyl (C=O) groups excluding carboxylic acids is 8. The molecule has 1 saturated heterocycles. The highest BCUT2D eigenvalue weighted by molar-refractivity contribution is 8.00. The van der Waals surface area contributed by atoms with Gasteiger partial charge in [0.1, 0.15) is 6.04 Å². The molecule has 0 aromatic carbocycles. The molecule has 0 aromatic heterocycles. The Labute approximate surface area is 430 Å². The molecular formula is C42H75N9O19P2S+2. The van der Waals surface area contributed by atoms with Crippen LogP contribution < -0.4 is 38.1 Å². The summed E-state index contributed by atoms with van der Waals surface area (Å²) >= 11 is 1.27. The molecule has 1 fully saturated rings. The second-order valence-corrected chi connectivity index (χ2v) is 18.6. The number of amidine groups is 1. The zero-order chi connectivity index (χ0) is 54.3. The highest BCUT2D eigenvalue weighted by Gasteiger charge is 2.47. The molecule has 0 saturated carbocycles. The molecule has 0 bridgehead atoms. The van der Waals surface area contributed by atoms with Crippen molar-refractivity contribution in [1.82, 2.24) is 31.5 Å². The molecule has 416 valence electrons. The summed E-state index contributed by atoms with van der Waals surface area (Å²) in [6.07, 6.45) is 2.00. The van der Waals surface area contributed by atoms with Gasteiger partial charge < -0.3 is 62.1 Å². The molecule has 8 amide bonds. The summed E-state index contributed by atoms with van der Waals surface area (Å²) in [5.74, 6) is -5.48. The molecule has 0 aliphatic carbocycles. The largest absolute Gasteiger partial charge is 0.700 e. The fraction of sp³-hybridized carbons (Fsp3) is 0.786. The van der Waals surface area contributed by atoms with E-state index in [1.807, 2.05) is 6.92 Å². The second-order valence-electron chi connectivity index (χ2n) is 16.0. The van der Waals surface area contributed by atoms with Gasteiger partial charge in [-0.2, -0.15) is 0 Å². The summed E-state index contributed by atoms with van der Waals surface area (Å²) in [4.78, 5) is 121. The van der Waals surface area contributed by atoms with Gasteiger partial charge in [-0.1, -0.05) is 6.92 Å². The molecule has 4 atom stereocenters. The van der Waals surface area contributed by atoms with Crippen LogP contribution in [0.4, 0.5) is 0 Å². The molecule has 1 heterocycles. The molecule has 28 nitrogen and oxygen atoms in total. The van der Waals surface area contributed by atoms with Crippen molar-refractivity contribution < 1.29 is 90.4 Å². The van der Waals surface area contributed by atoms with E-state index in [2.05, 4.69) is 40.6 Å². The maximum absolute atomic E-state index is 12.9. The van der Waals surface area contributed by atoms with E-state index in [0.29, 0.717) is 64.4 Å². The van der Waals surface area contributed by atoms with Crippen molar-refractivity contribution >= 4 is 81.4 Å². The van der Waals surface area contributed by atoms with Crippen LogP contribution in [0.2, 0.25) is 0 Å². The van der Waals surface area contributed by atoms with Crippen LogP contribution in [0.1, 0.15) is 96.8 Å². The number of likely N-dealkylation sites (tertiary alicyclic amines) is 1. The van der Waals surface area contributed by atoms with Gasteiger partial charge >= 0.3 is 22.5 Å². The van der Waals surface area contributed by atoms with Crippen LogP contribution in [0.25, 0.3) is 0 Å². The van der Waals surface area contributed by atoms with Crippen LogP contribution in [-0.4, -0.2) is 188 Å². The average molecular weight is 1100 g/mol. The Morgan fingerprint density at radius 1 is 0.699 bits per heavy atom. The molecule has 1 aliphatic heterocycles. The SMILES string of the molecule is CCCOCCOCCNC(=O)CCC(=O)NCCOCCOCCNC(=O)CCC(=O)N[C@@H](CCCCNC(=O)CCN1C(=O)CC(SCCCC(N)=NCCCC(O)(O[P+](=O)O)O[P+](=O)O)C1=O)C(N)=O. The van der Waals surface area contributed by atoms with E-state index in [4.69, 9.17) is 40.2 Å². The van der Waals surface area contributed by atoms with Crippen LogP contribution in [0.3, 0.4) is 0 Å². The third-order valence-electron chi connectivity index (χ3n) is 9.95. The number of carbonyl (C=O) groups is 8. The number of nitrogens with zero attached hydrogens (tertiary/aromatic N) is 2. The number of hydrogen-bond donors (Lipinski definition) is 10. The van der Waals surface area contributed by atoms with Crippen molar-refractivity contribution in [3.63, 3.8) is 0 Å². The zero-order valence-electron chi connectivity index (χ0n) is 41.4. The van der Waals surface area contributed by atoms with Crippen molar-refractivity contribution in [2.45, 2.75) is 114 Å². The first kappa shape index (κ1) is 66.6. The van der Waals surface area contributed by atoms with E-state index in [-0.39, 0.29) is 128 Å². The number of imide groups is 1. The van der Waals surface area contributed by atoms with Crippen LogP contribution in [0.15, 0.2) is 4.99 Å². The molecule has 31 heteroatoms. The first-order chi connectivity index (χ1) is 34.8. The van der Waals surface area contributed by atoms with E-state index in [1.54, 1.807) is 0 Å². The molecular weight excluding hydrogens is 1030 g/mol. The smallest absolute Gasteiger partial charge is 0.387 e. The standard InChI is InChI=1S/C42H73N9O19P2S/c1-2-21-65-25-26-66-22-17-47-34(52)9-10-35(53)48-18-23-67-27-28-68-24-19-49-36(54)11-12-38(56)50-31(40(44)58)7-3-4-15-46-37(55)13-20-51-39(57)30-32(41(51)59)73-29-5-8-33(43)45-16-6-14-42(60,69-71(61)62)70-72(63)64/h31-32,60H,2-30H2,1H3,(H9-2,43,44,45,46,47,48,49,50,52,53,54,55,56,58,61,62,63,64)/p+2/t31-,32?/m0/s1. The summed E-state index contributed by atoms with van der Waals surface area (Å²) in [5, 5.41) is 22.6.